The van der Waals surface area contributed by atoms with Crippen molar-refractivity contribution in [1.29, 1.82) is 0 Å². The lowest BCUT2D eigenvalue weighted by Gasteiger charge is -2.27. The number of halogens is 2. The lowest BCUT2D eigenvalue weighted by atomic mass is 9.73. The van der Waals surface area contributed by atoms with Crippen LogP contribution in [0.15, 0.2) is 71.8 Å². The van der Waals surface area contributed by atoms with Gasteiger partial charge in [0, 0.05) is 36.0 Å². The molecule has 2 aromatic rings. The highest BCUT2D eigenvalue weighted by molar-refractivity contribution is 6.11. The number of rotatable bonds is 4. The summed E-state index contributed by atoms with van der Waals surface area (Å²) >= 11 is 0. The van der Waals surface area contributed by atoms with Crippen LogP contribution in [0.25, 0.3) is 0 Å². The van der Waals surface area contributed by atoms with E-state index in [1.807, 2.05) is 48.5 Å². The van der Waals surface area contributed by atoms with Gasteiger partial charge in [-0.1, -0.05) is 30.3 Å². The second kappa shape index (κ2) is 7.67. The number of carbonyl (C=O) groups is 1. The van der Waals surface area contributed by atoms with Crippen molar-refractivity contribution >= 4 is 17.3 Å². The van der Waals surface area contributed by atoms with Crippen LogP contribution in [0.4, 0.5) is 20.2 Å². The first kappa shape index (κ1) is 21.4. The van der Waals surface area contributed by atoms with Crippen LogP contribution in [0.2, 0.25) is 0 Å². The maximum atomic E-state index is 14.6. The molecular weight excluding hydrogens is 436 g/mol. The van der Waals surface area contributed by atoms with E-state index in [0.717, 1.165) is 42.0 Å². The number of alkyl halides is 1. The fourth-order valence-corrected chi connectivity index (χ4v) is 5.59. The van der Waals surface area contributed by atoms with Gasteiger partial charge in [0.05, 0.1) is 6.54 Å². The van der Waals surface area contributed by atoms with E-state index in [9.17, 15) is 13.6 Å². The van der Waals surface area contributed by atoms with Gasteiger partial charge in [0.2, 0.25) is 5.91 Å². The van der Waals surface area contributed by atoms with Crippen molar-refractivity contribution in [2.24, 2.45) is 0 Å². The summed E-state index contributed by atoms with van der Waals surface area (Å²) in [6.07, 6.45) is 2.08. The summed E-state index contributed by atoms with van der Waals surface area (Å²) in [4.78, 5) is 15.7. The maximum absolute atomic E-state index is 14.6. The Labute approximate surface area is 197 Å². The number of allylic oxidation sites excluding steroid dienone is 3. The van der Waals surface area contributed by atoms with Crippen molar-refractivity contribution in [2.75, 3.05) is 29.9 Å². The molecule has 6 rings (SSSR count). The predicted molar refractivity (Wildman–Crippen MR) is 127 cm³/mol. The molecule has 1 spiro atoms. The largest absolute Gasteiger partial charge is 0.496 e. The first-order valence-electron chi connectivity index (χ1n) is 11.8. The van der Waals surface area contributed by atoms with Crippen molar-refractivity contribution in [3.63, 3.8) is 0 Å². The van der Waals surface area contributed by atoms with E-state index < -0.39 is 16.9 Å². The van der Waals surface area contributed by atoms with Gasteiger partial charge in [-0.2, -0.15) is 0 Å². The number of anilines is 2. The van der Waals surface area contributed by atoms with Gasteiger partial charge in [-0.3, -0.25) is 4.79 Å². The number of amides is 1. The Morgan fingerprint density at radius 1 is 1.21 bits per heavy atom. The van der Waals surface area contributed by atoms with Gasteiger partial charge in [0.1, 0.15) is 23.6 Å². The van der Waals surface area contributed by atoms with E-state index in [1.54, 1.807) is 4.90 Å². The number of hydrogen-bond donors (Lipinski definition) is 2. The van der Waals surface area contributed by atoms with Crippen molar-refractivity contribution in [3.8, 4) is 0 Å². The summed E-state index contributed by atoms with van der Waals surface area (Å²) in [6.45, 7) is 3.63. The van der Waals surface area contributed by atoms with Crippen LogP contribution in [0, 0.1) is 0 Å². The zero-order chi connectivity index (χ0) is 23.5. The third kappa shape index (κ3) is 3.17. The Kier molecular flexibility index (Phi) is 4.81. The molecule has 3 aliphatic heterocycles. The summed E-state index contributed by atoms with van der Waals surface area (Å²) in [7, 11) is 0. The molecule has 3 heterocycles. The van der Waals surface area contributed by atoms with Gasteiger partial charge < -0.3 is 20.3 Å². The van der Waals surface area contributed by atoms with Crippen molar-refractivity contribution < 1.29 is 18.3 Å². The standard InChI is InChI=1S/C27H27F2N3O2/c1-26(29)13-23-21(12-24(26)28)27(16-34-23)20-4-2-3-5-22(20)32(25(27)33)15-17-6-8-18(9-7-17)31-19-10-11-30-14-19/h2-9,12,19,30-31H,10-11,13-16H2,1H3/t19-,26?,27?/m1/s1. The van der Waals surface area contributed by atoms with Gasteiger partial charge >= 0.3 is 0 Å². The highest BCUT2D eigenvalue weighted by Crippen LogP contribution is 2.55. The van der Waals surface area contributed by atoms with E-state index in [4.69, 9.17) is 4.74 Å². The fraction of sp³-hybridized carbons (Fsp3) is 0.370. The Morgan fingerprint density at radius 2 is 2.00 bits per heavy atom. The molecule has 1 saturated heterocycles. The van der Waals surface area contributed by atoms with Gasteiger partial charge in [0.25, 0.3) is 0 Å². The highest BCUT2D eigenvalue weighted by Gasteiger charge is 2.59. The van der Waals surface area contributed by atoms with Crippen LogP contribution in [0.3, 0.4) is 0 Å². The summed E-state index contributed by atoms with van der Waals surface area (Å²) < 4.78 is 35.1. The van der Waals surface area contributed by atoms with Gasteiger partial charge in [0.15, 0.2) is 5.67 Å². The number of ether oxygens (including phenoxy) is 1. The third-order valence-electron chi connectivity index (χ3n) is 7.48. The van der Waals surface area contributed by atoms with Gasteiger partial charge in [-0.25, -0.2) is 8.78 Å². The molecule has 3 atom stereocenters. The number of benzene rings is 2. The Balaban J connectivity index is 1.31. The van der Waals surface area contributed by atoms with E-state index >= 15 is 0 Å². The minimum Gasteiger partial charge on any atom is -0.496 e. The molecule has 2 aromatic carbocycles. The second-order valence-electron chi connectivity index (χ2n) is 9.84. The molecule has 2 unspecified atom stereocenters. The summed E-state index contributed by atoms with van der Waals surface area (Å²) in [5, 5.41) is 6.88. The molecule has 4 aliphatic rings. The molecule has 7 heteroatoms. The van der Waals surface area contributed by atoms with Crippen LogP contribution in [0.5, 0.6) is 0 Å². The predicted octanol–water partition coefficient (Wildman–Crippen LogP) is 4.51. The minimum absolute atomic E-state index is 0.0577. The molecule has 0 radical (unpaired) electrons. The molecular formula is C27H27F2N3O2. The topological polar surface area (TPSA) is 53.6 Å². The molecule has 0 saturated carbocycles. The molecule has 34 heavy (non-hydrogen) atoms. The monoisotopic (exact) mass is 463 g/mol. The summed E-state index contributed by atoms with van der Waals surface area (Å²) in [5.74, 6) is -0.655. The fourth-order valence-electron chi connectivity index (χ4n) is 5.59. The van der Waals surface area contributed by atoms with Crippen LogP contribution >= 0.6 is 0 Å². The normalized spacial score (nSPS) is 29.9. The maximum Gasteiger partial charge on any atom is 0.246 e. The van der Waals surface area contributed by atoms with Crippen LogP contribution < -0.4 is 15.5 Å². The SMILES string of the molecule is CC1(F)CC2=C(C=C1F)C1(CO2)C(=O)N(Cc2ccc(N[C@@H]3CCNC3)cc2)c2ccccc21. The lowest BCUT2D eigenvalue weighted by molar-refractivity contribution is -0.122. The quantitative estimate of drug-likeness (QED) is 0.701. The van der Waals surface area contributed by atoms with Crippen LogP contribution in [-0.2, 0) is 21.5 Å². The van der Waals surface area contributed by atoms with Crippen LogP contribution in [0.1, 0.15) is 30.9 Å². The Morgan fingerprint density at radius 3 is 2.76 bits per heavy atom. The van der Waals surface area contributed by atoms with E-state index in [0.29, 0.717) is 23.9 Å². The minimum atomic E-state index is -2.12. The number of nitrogens with zero attached hydrogens (tertiary/aromatic N) is 1. The summed E-state index contributed by atoms with van der Waals surface area (Å²) in [5.41, 5.74) is 0.801. The van der Waals surface area contributed by atoms with Gasteiger partial charge in [-0.15, -0.1) is 0 Å². The van der Waals surface area contributed by atoms with Gasteiger partial charge in [-0.05, 0) is 55.3 Å². The summed E-state index contributed by atoms with van der Waals surface area (Å²) in [6, 6.07) is 16.1. The number of para-hydroxylation sites is 1. The molecule has 5 nitrogen and oxygen atoms in total. The molecule has 1 aliphatic carbocycles. The average Bonchev–Trinajstić information content (AvgIpc) is 3.51. The van der Waals surface area contributed by atoms with Crippen molar-refractivity contribution in [1.82, 2.24) is 5.32 Å². The van der Waals surface area contributed by atoms with Crippen LogP contribution in [-0.4, -0.2) is 37.3 Å². The van der Waals surface area contributed by atoms with E-state index in [1.165, 1.54) is 13.0 Å². The first-order valence-corrected chi connectivity index (χ1v) is 11.8. The Bertz CT molecular complexity index is 1210. The zero-order valence-corrected chi connectivity index (χ0v) is 19.0. The highest BCUT2D eigenvalue weighted by atomic mass is 19.2. The molecule has 0 aromatic heterocycles. The third-order valence-corrected chi connectivity index (χ3v) is 7.48. The smallest absolute Gasteiger partial charge is 0.246 e. The molecule has 1 amide bonds. The lowest BCUT2D eigenvalue weighted by Crippen LogP contribution is -2.42. The second-order valence-corrected chi connectivity index (χ2v) is 9.84. The number of nitrogens with one attached hydrogen (secondary N) is 2. The number of fused-ring (bicyclic) bond motifs is 3. The first-order chi connectivity index (χ1) is 16.4. The average molecular weight is 464 g/mol. The molecule has 2 N–H and O–H groups in total. The molecule has 0 bridgehead atoms. The van der Waals surface area contributed by atoms with Crippen molar-refractivity contribution in [2.45, 2.75) is 43.4 Å². The zero-order valence-electron chi connectivity index (χ0n) is 19.0. The molecule has 1 fully saturated rings. The van der Waals surface area contributed by atoms with E-state index in [2.05, 4.69) is 10.6 Å². The van der Waals surface area contributed by atoms with E-state index in [-0.39, 0.29) is 18.9 Å². The number of hydrogen-bond acceptors (Lipinski definition) is 4. The Hall–Kier alpha value is -3.19. The molecule has 176 valence electrons. The number of carbonyl (C=O) groups excluding carboxylic acids is 1. The van der Waals surface area contributed by atoms with Crippen molar-refractivity contribution in [3.05, 3.63) is 82.9 Å².